The second kappa shape index (κ2) is 16.7. The van der Waals surface area contributed by atoms with Crippen molar-refractivity contribution in [2.45, 2.75) is 67.2 Å². The van der Waals surface area contributed by atoms with Gasteiger partial charge in [-0.15, -0.1) is 11.3 Å². The summed E-state index contributed by atoms with van der Waals surface area (Å²) >= 11 is 1.49. The molecule has 4 N–H and O–H groups in total. The number of rotatable bonds is 10. The van der Waals surface area contributed by atoms with Gasteiger partial charge in [-0.2, -0.15) is 5.43 Å². The molecule has 7 heteroatoms. The number of nitrogens with two attached hydrogens (primary N) is 1. The highest BCUT2D eigenvalue weighted by Crippen LogP contribution is 2.35. The standard InChI is InChI=1S/C19H22N4O2S.C7H12.C2H6.2H2/c1-15(24)23-21-14-25-12-3-2-5-16-8-10-17(11-9-16)6-4-7-18-13-26-19(20)22-18;1-7(2,3)6-4-5-6;1-2;;/h8-14,21H,4-7H2,1H3,(H2,20,22)(H,23,24);4-6H,1-3H3;1-2H3;2*1H. The molecule has 0 saturated heterocycles. The van der Waals surface area contributed by atoms with Gasteiger partial charge in [0.2, 0.25) is 12.6 Å². The lowest BCUT2D eigenvalue weighted by Gasteiger charge is -2.15. The summed E-state index contributed by atoms with van der Waals surface area (Å²) in [6.07, 6.45) is 12.5. The molecule has 2 aromatic rings. The zero-order valence-electron chi connectivity index (χ0n) is 21.9. The Morgan fingerprint density at radius 3 is 2.37 bits per heavy atom. The molecule has 0 unspecified atom stereocenters. The first kappa shape index (κ1) is 30.2. The van der Waals surface area contributed by atoms with Crippen LogP contribution in [0.4, 0.5) is 5.13 Å². The van der Waals surface area contributed by atoms with E-state index in [1.54, 1.807) is 0 Å². The van der Waals surface area contributed by atoms with Crippen molar-refractivity contribution in [2.24, 2.45) is 11.3 Å². The molecule has 0 fully saturated rings. The van der Waals surface area contributed by atoms with Gasteiger partial charge in [-0.3, -0.25) is 10.2 Å². The number of amides is 1. The number of aryl methyl sites for hydroxylation is 2. The Labute approximate surface area is 218 Å². The summed E-state index contributed by atoms with van der Waals surface area (Å²) in [7, 11) is 0. The maximum absolute atomic E-state index is 10.6. The molecule has 1 aromatic carbocycles. The van der Waals surface area contributed by atoms with Gasteiger partial charge >= 0.3 is 0 Å². The number of carbonyl (C=O) groups is 1. The fourth-order valence-corrected chi connectivity index (χ4v) is 3.39. The van der Waals surface area contributed by atoms with Crippen LogP contribution in [0.1, 0.15) is 67.6 Å². The number of nitrogens with zero attached hydrogens (tertiary/aromatic N) is 1. The lowest BCUT2D eigenvalue weighted by atomic mass is 9.89. The molecule has 3 rings (SSSR count). The van der Waals surface area contributed by atoms with Crippen LogP contribution in [-0.2, 0) is 28.8 Å². The lowest BCUT2D eigenvalue weighted by molar-refractivity contribution is -0.120. The summed E-state index contributed by atoms with van der Waals surface area (Å²) in [5.74, 6) is 0.597. The Morgan fingerprint density at radius 1 is 1.20 bits per heavy atom. The smallest absolute Gasteiger partial charge is 0.231 e. The van der Waals surface area contributed by atoms with Gasteiger partial charge in [0.1, 0.15) is 6.26 Å². The quantitative estimate of drug-likeness (QED) is 0.115. The van der Waals surface area contributed by atoms with Crippen LogP contribution >= 0.6 is 11.3 Å². The highest BCUT2D eigenvalue weighted by Gasteiger charge is 2.25. The van der Waals surface area contributed by atoms with Crippen LogP contribution in [0.15, 0.2) is 53.8 Å². The molecule has 0 spiro atoms. The third-order valence-electron chi connectivity index (χ3n) is 4.77. The molecule has 0 bridgehead atoms. The molecule has 0 saturated carbocycles. The topological polar surface area (TPSA) is 89.3 Å². The van der Waals surface area contributed by atoms with E-state index >= 15 is 0 Å². The number of nitrogens with one attached hydrogen (secondary N) is 2. The zero-order valence-corrected chi connectivity index (χ0v) is 22.7. The molecule has 0 aliphatic heterocycles. The number of aromatic nitrogens is 1. The van der Waals surface area contributed by atoms with E-state index in [4.69, 9.17) is 10.5 Å². The van der Waals surface area contributed by atoms with Crippen molar-refractivity contribution in [3.63, 3.8) is 0 Å². The van der Waals surface area contributed by atoms with E-state index in [0.717, 1.165) is 36.4 Å². The third-order valence-corrected chi connectivity index (χ3v) is 5.50. The number of benzene rings is 1. The van der Waals surface area contributed by atoms with E-state index < -0.39 is 0 Å². The van der Waals surface area contributed by atoms with Crippen LogP contribution in [0, 0.1) is 24.1 Å². The zero-order chi connectivity index (χ0) is 26.1. The molecule has 194 valence electrons. The molecule has 1 aromatic heterocycles. The van der Waals surface area contributed by atoms with Crippen molar-refractivity contribution in [1.29, 1.82) is 0 Å². The molecule has 1 aliphatic carbocycles. The number of anilines is 1. The Morgan fingerprint density at radius 2 is 1.86 bits per heavy atom. The van der Waals surface area contributed by atoms with Crippen molar-refractivity contribution in [3.8, 4) is 0 Å². The minimum Gasteiger partial charge on any atom is -0.468 e. The molecule has 35 heavy (non-hydrogen) atoms. The lowest BCUT2D eigenvalue weighted by Crippen LogP contribution is -2.33. The van der Waals surface area contributed by atoms with E-state index in [-0.39, 0.29) is 8.76 Å². The van der Waals surface area contributed by atoms with Crippen molar-refractivity contribution in [1.82, 2.24) is 15.8 Å². The first-order valence-corrected chi connectivity index (χ1v) is 12.9. The highest BCUT2D eigenvalue weighted by molar-refractivity contribution is 7.13. The Balaban J connectivity index is 0. The Hall–Kier alpha value is -2.86. The minimum absolute atomic E-state index is 0. The first-order chi connectivity index (χ1) is 16.7. The third kappa shape index (κ3) is 14.9. The predicted molar refractivity (Wildman–Crippen MR) is 150 cm³/mol. The maximum Gasteiger partial charge on any atom is 0.231 e. The van der Waals surface area contributed by atoms with Crippen LogP contribution in [0.5, 0.6) is 0 Å². The Bertz CT molecular complexity index is 957. The average Bonchev–Trinajstić information content (AvgIpc) is 3.61. The number of allylic oxidation sites excluding steroid dienone is 3. The largest absolute Gasteiger partial charge is 0.468 e. The number of ether oxygens (including phenoxy) is 1. The molecule has 6 nitrogen and oxygen atoms in total. The number of carbonyl (C=O) groups excluding carboxylic acids is 1. The average molecular weight is 501 g/mol. The SMILES string of the molecule is CC.CC(=O)NN[CH]OC=C=[C]Cc1ccc(CCCc2csc(N)n2)cc1.CC(C)(C)C1C=C1.[HH].[HH]. The number of nitrogen functional groups attached to an aromatic ring is 1. The molecule has 1 aliphatic rings. The van der Waals surface area contributed by atoms with Gasteiger partial charge < -0.3 is 10.5 Å². The summed E-state index contributed by atoms with van der Waals surface area (Å²) in [5.41, 5.74) is 17.3. The van der Waals surface area contributed by atoms with E-state index in [0.29, 0.717) is 17.0 Å². The minimum atomic E-state index is -0.202. The van der Waals surface area contributed by atoms with Gasteiger partial charge in [0.05, 0.1) is 5.69 Å². The van der Waals surface area contributed by atoms with Crippen molar-refractivity contribution in [2.75, 3.05) is 5.73 Å². The van der Waals surface area contributed by atoms with Gasteiger partial charge in [-0.1, -0.05) is 76.8 Å². The van der Waals surface area contributed by atoms with Gasteiger partial charge in [-0.25, -0.2) is 4.98 Å². The van der Waals surface area contributed by atoms with Crippen LogP contribution in [-0.4, -0.2) is 10.9 Å². The molecular formula is C28H44N4O2S. The summed E-state index contributed by atoms with van der Waals surface area (Å²) in [5, 5.41) is 2.65. The van der Waals surface area contributed by atoms with E-state index in [2.05, 4.69) is 84.8 Å². The Kier molecular flexibility index (Phi) is 14.4. The normalized spacial score (nSPS) is 11.7. The summed E-state index contributed by atoms with van der Waals surface area (Å²) in [6.45, 7) is 13.4. The van der Waals surface area contributed by atoms with E-state index in [1.165, 1.54) is 36.8 Å². The fourth-order valence-electron chi connectivity index (χ4n) is 2.80. The second-order valence-corrected chi connectivity index (χ2v) is 9.71. The van der Waals surface area contributed by atoms with Crippen molar-refractivity contribution >= 4 is 22.4 Å². The highest BCUT2D eigenvalue weighted by atomic mass is 32.1. The second-order valence-electron chi connectivity index (χ2n) is 8.82. The first-order valence-electron chi connectivity index (χ1n) is 12.0. The predicted octanol–water partition coefficient (Wildman–Crippen LogP) is 6.43. The van der Waals surface area contributed by atoms with Crippen LogP contribution < -0.4 is 16.6 Å². The van der Waals surface area contributed by atoms with E-state index in [1.807, 2.05) is 19.2 Å². The summed E-state index contributed by atoms with van der Waals surface area (Å²) in [4.78, 5) is 14.9. The van der Waals surface area contributed by atoms with Gasteiger partial charge in [0, 0.05) is 27.7 Å². The van der Waals surface area contributed by atoms with E-state index in [9.17, 15) is 4.79 Å². The van der Waals surface area contributed by atoms with Gasteiger partial charge in [0.25, 0.3) is 0 Å². The monoisotopic (exact) mass is 500 g/mol. The van der Waals surface area contributed by atoms with Crippen LogP contribution in [0.3, 0.4) is 0 Å². The number of hydrazine groups is 1. The molecule has 1 heterocycles. The molecule has 1 amide bonds. The molecule has 0 atom stereocenters. The maximum atomic E-state index is 10.6. The number of hydrogen-bond donors (Lipinski definition) is 3. The summed E-state index contributed by atoms with van der Waals surface area (Å²) < 4.78 is 4.96. The molecule has 2 radical (unpaired) electrons. The fraction of sp³-hybridized carbons (Fsp3) is 0.429. The van der Waals surface area contributed by atoms with Gasteiger partial charge in [0.15, 0.2) is 5.13 Å². The summed E-state index contributed by atoms with van der Waals surface area (Å²) in [6, 6.07) is 8.46. The van der Waals surface area contributed by atoms with Gasteiger partial charge in [-0.05, 0) is 41.7 Å². The van der Waals surface area contributed by atoms with Crippen molar-refractivity contribution in [3.05, 3.63) is 83.4 Å². The van der Waals surface area contributed by atoms with Crippen molar-refractivity contribution < 1.29 is 12.4 Å². The van der Waals surface area contributed by atoms with Crippen LogP contribution in [0.25, 0.3) is 0 Å². The number of thiazole rings is 1. The molecular weight excluding hydrogens is 456 g/mol. The number of hydrogen-bond acceptors (Lipinski definition) is 6. The van der Waals surface area contributed by atoms with Crippen LogP contribution in [0.2, 0.25) is 0 Å².